The molecule has 0 saturated carbocycles. The zero-order chi connectivity index (χ0) is 46.6. The van der Waals surface area contributed by atoms with E-state index in [0.29, 0.717) is 32.1 Å². The minimum absolute atomic E-state index is 0.0404. The minimum Gasteiger partial charge on any atom is -0.463 e. The molecule has 3 aliphatic heterocycles. The van der Waals surface area contributed by atoms with Gasteiger partial charge in [0.15, 0.2) is 35.9 Å². The van der Waals surface area contributed by atoms with Gasteiger partial charge in [-0.05, 0) is 53.4 Å². The Morgan fingerprint density at radius 2 is 1.22 bits per heavy atom. The van der Waals surface area contributed by atoms with Gasteiger partial charge in [0.1, 0.15) is 43.9 Å². The molecule has 0 aromatic rings. The molecule has 10 atom stereocenters. The Bertz CT molecular complexity index is 1370. The largest absolute Gasteiger partial charge is 0.463 e. The Balaban J connectivity index is 2.14. The molecular formula is C46H80O17. The van der Waals surface area contributed by atoms with E-state index >= 15 is 0 Å². The fraction of sp³-hybridized carbons (Fsp3) is 0.913. The highest BCUT2D eigenvalue weighted by molar-refractivity contribution is 5.90. The summed E-state index contributed by atoms with van der Waals surface area (Å²) in [5, 5.41) is 25.2. The number of esters is 3. The molecule has 17 heteroatoms. The van der Waals surface area contributed by atoms with Crippen LogP contribution in [0, 0.1) is 0 Å². The summed E-state index contributed by atoms with van der Waals surface area (Å²) in [5.41, 5.74) is -2.80. The lowest BCUT2D eigenvalue weighted by atomic mass is 9.78. The highest BCUT2D eigenvalue weighted by atomic mass is 16.8. The highest BCUT2D eigenvalue weighted by Crippen LogP contribution is 2.41. The molecule has 3 fully saturated rings. The number of aliphatic hydroxyl groups excluding tert-OH is 1. The summed E-state index contributed by atoms with van der Waals surface area (Å²) in [5.74, 6) is -5.03. The van der Waals surface area contributed by atoms with Crippen LogP contribution in [0.4, 0.5) is 0 Å². The Morgan fingerprint density at radius 3 is 1.79 bits per heavy atom. The fourth-order valence-corrected chi connectivity index (χ4v) is 8.06. The van der Waals surface area contributed by atoms with E-state index in [9.17, 15) is 29.4 Å². The molecule has 0 amide bonds. The van der Waals surface area contributed by atoms with Gasteiger partial charge in [-0.1, -0.05) is 91.9 Å². The number of unbranched alkanes of at least 4 members (excludes halogenated alkanes) is 10. The third-order valence-corrected chi connectivity index (χ3v) is 11.4. The van der Waals surface area contributed by atoms with Crippen LogP contribution in [0.5, 0.6) is 0 Å². The van der Waals surface area contributed by atoms with Crippen LogP contribution in [-0.2, 0) is 71.3 Å². The Hall–Kier alpha value is -2.32. The van der Waals surface area contributed by atoms with Gasteiger partial charge in [-0.15, -0.1) is 0 Å². The van der Waals surface area contributed by atoms with Crippen molar-refractivity contribution < 1.29 is 81.5 Å². The molecule has 3 rings (SSSR count). The van der Waals surface area contributed by atoms with E-state index in [1.807, 2.05) is 20.8 Å². The van der Waals surface area contributed by atoms with E-state index in [-0.39, 0.29) is 39.1 Å². The Kier molecular flexibility index (Phi) is 23.9. The van der Waals surface area contributed by atoms with E-state index in [1.165, 1.54) is 7.11 Å². The number of ether oxygens (including phenoxy) is 11. The lowest BCUT2D eigenvalue weighted by molar-refractivity contribution is -0.365. The maximum Gasteiger partial charge on any atom is 0.306 e. The number of carbonyl (C=O) groups excluding carboxylic acids is 4. The monoisotopic (exact) mass is 905 g/mol. The first-order chi connectivity index (χ1) is 30.0. The summed E-state index contributed by atoms with van der Waals surface area (Å²) in [6, 6.07) is 0. The first-order valence-corrected chi connectivity index (χ1v) is 23.5. The van der Waals surface area contributed by atoms with Crippen LogP contribution < -0.4 is 0 Å². The van der Waals surface area contributed by atoms with Gasteiger partial charge in [-0.25, -0.2) is 0 Å². The molecule has 3 saturated heterocycles. The Morgan fingerprint density at radius 1 is 0.683 bits per heavy atom. The summed E-state index contributed by atoms with van der Waals surface area (Å²) >= 11 is 0. The second-order valence-corrected chi connectivity index (χ2v) is 17.8. The number of ketones is 1. The first-order valence-electron chi connectivity index (χ1n) is 23.5. The summed E-state index contributed by atoms with van der Waals surface area (Å²) in [4.78, 5) is 55.0. The SMILES string of the molecule is CCCCCCCC(=O)O[C@@H]1[C@H](OC(O)[C@@H](OCOC)[C@H]2OC(C)(C)O[C@@H]2[C@@H]2COC(C)(C)O2)O[C@H](COC(=O)CCCCC)[C@@H](OC(=O)CCCCC)[C@@]1(O)C(=O)CCCCC. The maximum atomic E-state index is 14.6. The van der Waals surface area contributed by atoms with Crippen LogP contribution in [0.3, 0.4) is 0 Å². The topological polar surface area (TPSA) is 210 Å². The second kappa shape index (κ2) is 27.4. The zero-order valence-corrected chi connectivity index (χ0v) is 39.6. The molecule has 0 aromatic heterocycles. The molecule has 3 aliphatic rings. The number of hydrogen-bond donors (Lipinski definition) is 2. The standard InChI is InChI=1S/C46H80O17/c1-10-14-18-19-23-27-36(50)59-41-43(60-42(51)39(55-30-53-9)38-37(62-45(7,8)63-38)31-29-56-44(5,6)61-31)57-32(28-54-34(48)25-21-16-12-3)40(58-35(49)26-22-17-13-4)46(41,52)33(47)24-20-15-11-2/h31-32,37-43,51-52H,10-30H2,1-9H3/t31-,32+,37+,38-,39-,40+,41+,42?,43-,46-/m0/s1. The van der Waals surface area contributed by atoms with Crippen molar-refractivity contribution in [3.8, 4) is 0 Å². The second-order valence-electron chi connectivity index (χ2n) is 17.8. The molecule has 0 spiro atoms. The van der Waals surface area contributed by atoms with Crippen LogP contribution in [-0.4, -0.2) is 134 Å². The third kappa shape index (κ3) is 17.1. The summed E-state index contributed by atoms with van der Waals surface area (Å²) in [6.07, 6.45) is -3.49. The summed E-state index contributed by atoms with van der Waals surface area (Å²) < 4.78 is 66.1. The van der Waals surface area contributed by atoms with Gasteiger partial charge in [0.05, 0.1) is 6.61 Å². The molecule has 3 heterocycles. The predicted molar refractivity (Wildman–Crippen MR) is 228 cm³/mol. The maximum absolute atomic E-state index is 14.6. The number of rotatable bonds is 31. The van der Waals surface area contributed by atoms with E-state index < -0.39 is 103 Å². The molecule has 0 bridgehead atoms. The average Bonchev–Trinajstić information content (AvgIpc) is 3.76. The van der Waals surface area contributed by atoms with Crippen molar-refractivity contribution in [1.82, 2.24) is 0 Å². The zero-order valence-electron chi connectivity index (χ0n) is 39.6. The lowest BCUT2D eigenvalue weighted by Crippen LogP contribution is -2.73. The molecule has 0 aliphatic carbocycles. The summed E-state index contributed by atoms with van der Waals surface area (Å²) in [6.45, 7) is 14.1. The van der Waals surface area contributed by atoms with Gasteiger partial charge >= 0.3 is 17.9 Å². The fourth-order valence-electron chi connectivity index (χ4n) is 8.06. The van der Waals surface area contributed by atoms with Crippen LogP contribution in [0.25, 0.3) is 0 Å². The van der Waals surface area contributed by atoms with Crippen molar-refractivity contribution in [3.63, 3.8) is 0 Å². The molecular weight excluding hydrogens is 824 g/mol. The molecule has 17 nitrogen and oxygen atoms in total. The summed E-state index contributed by atoms with van der Waals surface area (Å²) in [7, 11) is 1.39. The van der Waals surface area contributed by atoms with Crippen molar-refractivity contribution in [2.24, 2.45) is 0 Å². The Labute approximate surface area is 375 Å². The highest BCUT2D eigenvalue weighted by Gasteiger charge is 2.65. The minimum atomic E-state index is -2.80. The predicted octanol–water partition coefficient (Wildman–Crippen LogP) is 6.48. The van der Waals surface area contributed by atoms with E-state index in [4.69, 9.17) is 52.1 Å². The molecule has 1 unspecified atom stereocenters. The number of hydrogen-bond acceptors (Lipinski definition) is 17. The molecule has 0 radical (unpaired) electrons. The molecule has 63 heavy (non-hydrogen) atoms. The number of aliphatic hydroxyl groups is 2. The van der Waals surface area contributed by atoms with Crippen LogP contribution in [0.15, 0.2) is 0 Å². The van der Waals surface area contributed by atoms with Gasteiger partial charge in [0.2, 0.25) is 11.9 Å². The third-order valence-electron chi connectivity index (χ3n) is 11.4. The van der Waals surface area contributed by atoms with E-state index in [2.05, 4.69) is 6.92 Å². The van der Waals surface area contributed by atoms with Crippen LogP contribution >= 0.6 is 0 Å². The average molecular weight is 905 g/mol. The molecule has 0 aromatic carbocycles. The molecule has 366 valence electrons. The van der Waals surface area contributed by atoms with Gasteiger partial charge in [-0.2, -0.15) is 0 Å². The van der Waals surface area contributed by atoms with Gasteiger partial charge in [0.25, 0.3) is 0 Å². The van der Waals surface area contributed by atoms with E-state index in [0.717, 1.165) is 57.8 Å². The normalized spacial score (nSPS) is 28.7. The van der Waals surface area contributed by atoms with E-state index in [1.54, 1.807) is 27.7 Å². The smallest absolute Gasteiger partial charge is 0.306 e. The number of carbonyl (C=O) groups is 4. The molecule has 2 N–H and O–H groups in total. The van der Waals surface area contributed by atoms with Crippen LogP contribution in [0.1, 0.15) is 171 Å². The van der Waals surface area contributed by atoms with Crippen molar-refractivity contribution in [2.45, 2.75) is 243 Å². The van der Waals surface area contributed by atoms with Crippen molar-refractivity contribution in [3.05, 3.63) is 0 Å². The van der Waals surface area contributed by atoms with Gasteiger partial charge in [0, 0.05) is 32.8 Å². The van der Waals surface area contributed by atoms with Gasteiger partial charge in [-0.3, -0.25) is 19.2 Å². The first kappa shape index (κ1) is 55.0. The van der Waals surface area contributed by atoms with Crippen molar-refractivity contribution >= 4 is 23.7 Å². The lowest BCUT2D eigenvalue weighted by Gasteiger charge is -2.49. The van der Waals surface area contributed by atoms with Crippen LogP contribution in [0.2, 0.25) is 0 Å². The van der Waals surface area contributed by atoms with Crippen molar-refractivity contribution in [1.29, 1.82) is 0 Å². The number of methoxy groups -OCH3 is 1. The van der Waals surface area contributed by atoms with Crippen molar-refractivity contribution in [2.75, 3.05) is 27.1 Å². The van der Waals surface area contributed by atoms with Gasteiger partial charge < -0.3 is 62.3 Å². The number of Topliss-reactive ketones (excluding diaryl/α,β-unsaturated/α-hetero) is 1. The quantitative estimate of drug-likeness (QED) is 0.0330.